The van der Waals surface area contributed by atoms with E-state index in [2.05, 4.69) is 70.9 Å². The first-order chi connectivity index (χ1) is 23.6. The predicted octanol–water partition coefficient (Wildman–Crippen LogP) is 5.90. The molecule has 2 aromatic carbocycles. The smallest absolute Gasteiger partial charge is 0.253 e. The maximum Gasteiger partial charge on any atom is 0.253 e. The van der Waals surface area contributed by atoms with Gasteiger partial charge in [-0.05, 0) is 112 Å². The Bertz CT molecular complexity index is 1680. The van der Waals surface area contributed by atoms with Gasteiger partial charge in [0.1, 0.15) is 0 Å². The van der Waals surface area contributed by atoms with E-state index in [1.807, 2.05) is 37.8 Å². The number of ether oxygens (including phenoxy) is 1. The normalized spacial score (nSPS) is 16.1. The zero-order valence-corrected chi connectivity index (χ0v) is 29.9. The number of amides is 2. The highest BCUT2D eigenvalue weighted by atomic mass is 16.5. The molecule has 2 amide bonds. The summed E-state index contributed by atoms with van der Waals surface area (Å²) in [6.07, 6.45) is 5.57. The van der Waals surface area contributed by atoms with Gasteiger partial charge in [0.25, 0.3) is 11.5 Å². The van der Waals surface area contributed by atoms with Crippen LogP contribution in [-0.2, 0) is 22.6 Å². The number of carbonyl (C=O) groups excluding carboxylic acids is 2. The number of carbonyl (C=O) groups is 2. The van der Waals surface area contributed by atoms with Crippen molar-refractivity contribution in [2.24, 2.45) is 0 Å². The highest BCUT2D eigenvalue weighted by Crippen LogP contribution is 2.34. The minimum absolute atomic E-state index is 0.0280. The minimum atomic E-state index is -0.213. The Morgan fingerprint density at radius 1 is 0.980 bits per heavy atom. The Kier molecular flexibility index (Phi) is 12.1. The number of likely N-dealkylation sites (tertiary alicyclic amines) is 2. The molecule has 262 valence electrons. The molecule has 1 aromatic heterocycles. The van der Waals surface area contributed by atoms with Gasteiger partial charge in [-0.3, -0.25) is 19.3 Å². The molecule has 5 rings (SSSR count). The molecule has 9 nitrogen and oxygen atoms in total. The summed E-state index contributed by atoms with van der Waals surface area (Å²) in [5.74, 6) is -0.241. The number of hydrogen-bond donors (Lipinski definition) is 2. The summed E-state index contributed by atoms with van der Waals surface area (Å²) in [5.41, 5.74) is 7.80. The van der Waals surface area contributed by atoms with E-state index in [0.29, 0.717) is 30.3 Å². The van der Waals surface area contributed by atoms with Gasteiger partial charge in [-0.1, -0.05) is 30.8 Å². The standard InChI is InChI=1S/C40H53N5O4/c1-7-38(46)44-20-14-33(15-21-44)45(8-2)37-24-32(31-12-10-30(11-13-31)26-43-18-16-34(17-19-43)49-9-3)23-35(29(37)6)39(47)41-25-36-27(4)22-28(5)42-40(36)48/h7,10-13,22-24,33-34H,1,8-9,14-21,25-26H2,2-6H3,(H,41,47)(H,42,48). The molecule has 2 fully saturated rings. The Balaban J connectivity index is 1.42. The molecule has 2 N–H and O–H groups in total. The predicted molar refractivity (Wildman–Crippen MR) is 197 cm³/mol. The van der Waals surface area contributed by atoms with E-state index in [-0.39, 0.29) is 30.0 Å². The fourth-order valence-electron chi connectivity index (χ4n) is 7.45. The Labute approximate surface area is 291 Å². The monoisotopic (exact) mass is 667 g/mol. The molecule has 49 heavy (non-hydrogen) atoms. The van der Waals surface area contributed by atoms with Gasteiger partial charge >= 0.3 is 0 Å². The number of anilines is 1. The number of aromatic nitrogens is 1. The second-order valence-corrected chi connectivity index (χ2v) is 13.5. The highest BCUT2D eigenvalue weighted by molar-refractivity contribution is 5.99. The first-order valence-corrected chi connectivity index (χ1v) is 17.8. The van der Waals surface area contributed by atoms with Crippen molar-refractivity contribution in [3.63, 3.8) is 0 Å². The van der Waals surface area contributed by atoms with Crippen LogP contribution in [0.25, 0.3) is 11.1 Å². The molecule has 3 aromatic rings. The van der Waals surface area contributed by atoms with E-state index in [1.165, 1.54) is 11.6 Å². The molecule has 3 heterocycles. The highest BCUT2D eigenvalue weighted by Gasteiger charge is 2.28. The third-order valence-electron chi connectivity index (χ3n) is 10.2. The summed E-state index contributed by atoms with van der Waals surface area (Å²) in [5, 5.41) is 3.04. The van der Waals surface area contributed by atoms with Crippen molar-refractivity contribution in [3.05, 3.63) is 99.0 Å². The van der Waals surface area contributed by atoms with Crippen LogP contribution >= 0.6 is 0 Å². The molecular weight excluding hydrogens is 614 g/mol. The second kappa shape index (κ2) is 16.5. The first kappa shape index (κ1) is 36.1. The molecule has 0 radical (unpaired) electrons. The zero-order chi connectivity index (χ0) is 35.1. The summed E-state index contributed by atoms with van der Waals surface area (Å²) < 4.78 is 5.83. The number of benzene rings is 2. The van der Waals surface area contributed by atoms with Crippen LogP contribution in [0.5, 0.6) is 0 Å². The third kappa shape index (κ3) is 8.69. The first-order valence-electron chi connectivity index (χ1n) is 17.8. The molecule has 0 unspecified atom stereocenters. The van der Waals surface area contributed by atoms with Crippen LogP contribution in [0.1, 0.15) is 77.8 Å². The maximum absolute atomic E-state index is 13.9. The van der Waals surface area contributed by atoms with Gasteiger partial charge in [0.15, 0.2) is 0 Å². The molecule has 0 bridgehead atoms. The van der Waals surface area contributed by atoms with Gasteiger partial charge in [-0.25, -0.2) is 0 Å². The van der Waals surface area contributed by atoms with Crippen molar-refractivity contribution in [1.29, 1.82) is 0 Å². The van der Waals surface area contributed by atoms with E-state index in [0.717, 1.165) is 92.1 Å². The number of nitrogens with one attached hydrogen (secondary N) is 2. The van der Waals surface area contributed by atoms with Gasteiger partial charge in [0.05, 0.1) is 6.10 Å². The zero-order valence-electron chi connectivity index (χ0n) is 29.9. The van der Waals surface area contributed by atoms with Gasteiger partial charge in [-0.2, -0.15) is 0 Å². The average molecular weight is 668 g/mol. The van der Waals surface area contributed by atoms with E-state index in [4.69, 9.17) is 4.74 Å². The number of hydrogen-bond acceptors (Lipinski definition) is 6. The minimum Gasteiger partial charge on any atom is -0.378 e. The van der Waals surface area contributed by atoms with E-state index >= 15 is 0 Å². The van der Waals surface area contributed by atoms with Crippen LogP contribution in [-0.4, -0.2) is 78.1 Å². The summed E-state index contributed by atoms with van der Waals surface area (Å²) in [7, 11) is 0. The van der Waals surface area contributed by atoms with Crippen LogP contribution in [0.2, 0.25) is 0 Å². The summed E-state index contributed by atoms with van der Waals surface area (Å²) >= 11 is 0. The van der Waals surface area contributed by atoms with Crippen LogP contribution in [0, 0.1) is 20.8 Å². The molecule has 0 spiro atoms. The van der Waals surface area contributed by atoms with Crippen molar-refractivity contribution in [2.75, 3.05) is 44.2 Å². The van der Waals surface area contributed by atoms with Crippen molar-refractivity contribution in [1.82, 2.24) is 20.1 Å². The number of nitrogens with zero attached hydrogens (tertiary/aromatic N) is 3. The number of H-pyrrole nitrogens is 1. The summed E-state index contributed by atoms with van der Waals surface area (Å²) in [4.78, 5) is 48.5. The van der Waals surface area contributed by atoms with Crippen molar-refractivity contribution in [3.8, 4) is 11.1 Å². The molecule has 2 aliphatic heterocycles. The summed E-state index contributed by atoms with van der Waals surface area (Å²) in [6, 6.07) is 15.0. The molecular formula is C40H53N5O4. The van der Waals surface area contributed by atoms with E-state index in [1.54, 1.807) is 0 Å². The van der Waals surface area contributed by atoms with Gasteiger partial charge in [0, 0.05) is 81.0 Å². The fourth-order valence-corrected chi connectivity index (χ4v) is 7.45. The van der Waals surface area contributed by atoms with Gasteiger partial charge in [0.2, 0.25) is 5.91 Å². The lowest BCUT2D eigenvalue weighted by Gasteiger charge is -2.40. The van der Waals surface area contributed by atoms with Crippen molar-refractivity contribution >= 4 is 17.5 Å². The van der Waals surface area contributed by atoms with E-state index in [9.17, 15) is 14.4 Å². The SMILES string of the molecule is C=CC(=O)N1CCC(N(CC)c2cc(-c3ccc(CN4CCC(OCC)CC4)cc3)cc(C(=O)NCc3c(C)cc(C)[nH]c3=O)c2C)CC1. The van der Waals surface area contributed by atoms with Crippen LogP contribution < -0.4 is 15.8 Å². The van der Waals surface area contributed by atoms with E-state index < -0.39 is 0 Å². The maximum atomic E-state index is 13.9. The number of aromatic amines is 1. The second-order valence-electron chi connectivity index (χ2n) is 13.5. The Morgan fingerprint density at radius 3 is 2.29 bits per heavy atom. The molecule has 2 aliphatic rings. The lowest BCUT2D eigenvalue weighted by Crippen LogP contribution is -2.46. The van der Waals surface area contributed by atoms with Crippen LogP contribution in [0.4, 0.5) is 5.69 Å². The lowest BCUT2D eigenvalue weighted by atomic mass is 9.94. The number of pyridine rings is 1. The molecule has 0 atom stereocenters. The van der Waals surface area contributed by atoms with Crippen molar-refractivity contribution in [2.45, 2.75) is 85.5 Å². The third-order valence-corrected chi connectivity index (χ3v) is 10.2. The molecule has 2 saturated heterocycles. The number of rotatable bonds is 12. The molecule has 0 aliphatic carbocycles. The van der Waals surface area contributed by atoms with Gasteiger partial charge < -0.3 is 24.8 Å². The largest absolute Gasteiger partial charge is 0.378 e. The summed E-state index contributed by atoms with van der Waals surface area (Å²) in [6.45, 7) is 19.6. The number of piperidine rings is 2. The molecule has 0 saturated carbocycles. The average Bonchev–Trinajstić information content (AvgIpc) is 3.10. The number of aryl methyl sites for hydroxylation is 2. The lowest BCUT2D eigenvalue weighted by molar-refractivity contribution is -0.127. The topological polar surface area (TPSA) is 98.0 Å². The van der Waals surface area contributed by atoms with Gasteiger partial charge in [-0.15, -0.1) is 0 Å². The van der Waals surface area contributed by atoms with Crippen LogP contribution in [0.15, 0.2) is 59.9 Å². The Hall–Kier alpha value is -4.21. The Morgan fingerprint density at radius 2 is 1.67 bits per heavy atom. The fraction of sp³-hybridized carbons (Fsp3) is 0.475. The molecule has 9 heteroatoms. The van der Waals surface area contributed by atoms with Crippen molar-refractivity contribution < 1.29 is 14.3 Å². The quantitative estimate of drug-likeness (QED) is 0.234. The van der Waals surface area contributed by atoms with Crippen LogP contribution in [0.3, 0.4) is 0 Å².